The van der Waals surface area contributed by atoms with Crippen LogP contribution in [0.15, 0.2) is 53.5 Å². The Labute approximate surface area is 183 Å². The van der Waals surface area contributed by atoms with Crippen LogP contribution in [-0.4, -0.2) is 42.6 Å². The van der Waals surface area contributed by atoms with E-state index in [4.69, 9.17) is 16.3 Å². The summed E-state index contributed by atoms with van der Waals surface area (Å²) in [6.45, 7) is 0.503. The van der Waals surface area contributed by atoms with E-state index in [-0.39, 0.29) is 29.7 Å². The van der Waals surface area contributed by atoms with Crippen LogP contribution < -0.4 is 25.8 Å². The lowest BCUT2D eigenvalue weighted by atomic mass is 10.1. The molecule has 1 fully saturated rings. The van der Waals surface area contributed by atoms with Crippen LogP contribution in [0.2, 0.25) is 5.02 Å². The van der Waals surface area contributed by atoms with Gasteiger partial charge in [0.05, 0.1) is 30.2 Å². The minimum atomic E-state index is -0.351. The number of nitrogens with one attached hydrogen (secondary N) is 3. The van der Waals surface area contributed by atoms with Crippen molar-refractivity contribution in [2.45, 2.75) is 6.17 Å². The summed E-state index contributed by atoms with van der Waals surface area (Å²) in [4.78, 5) is 31.9. The molecule has 2 unspecified atom stereocenters. The maximum Gasteiger partial charge on any atom is 0.241 e. The molecule has 0 aromatic heterocycles. The number of hydrogen-bond acceptors (Lipinski definition) is 7. The van der Waals surface area contributed by atoms with Gasteiger partial charge in [-0.2, -0.15) is 0 Å². The van der Waals surface area contributed by atoms with Crippen molar-refractivity contribution in [1.29, 1.82) is 0 Å². The van der Waals surface area contributed by atoms with Gasteiger partial charge in [-0.3, -0.25) is 19.9 Å². The number of hydrogen-bond donors (Lipinski definition) is 3. The first-order valence-electron chi connectivity index (χ1n) is 9.28. The number of benzene rings is 2. The van der Waals surface area contributed by atoms with Gasteiger partial charge in [-0.05, 0) is 30.3 Å². The molecule has 2 amide bonds. The maximum atomic E-state index is 13.1. The highest BCUT2D eigenvalue weighted by molar-refractivity contribution is 8.14. The van der Waals surface area contributed by atoms with E-state index in [1.165, 1.54) is 18.9 Å². The zero-order valence-corrected chi connectivity index (χ0v) is 17.7. The second-order valence-electron chi connectivity index (χ2n) is 6.68. The lowest BCUT2D eigenvalue weighted by molar-refractivity contribution is -0.121. The molecule has 2 heterocycles. The lowest BCUT2D eigenvalue weighted by Gasteiger charge is -2.32. The number of carbonyl (C=O) groups excluding carboxylic acids is 2. The molecule has 3 N–H and O–H groups in total. The molecule has 2 atom stereocenters. The van der Waals surface area contributed by atoms with Gasteiger partial charge in [-0.25, -0.2) is 10.4 Å². The van der Waals surface area contributed by atoms with Crippen LogP contribution in [-0.2, 0) is 9.59 Å². The predicted octanol–water partition coefficient (Wildman–Crippen LogP) is 2.47. The lowest BCUT2D eigenvalue weighted by Crippen LogP contribution is -2.49. The Balaban J connectivity index is 1.51. The number of carbonyl (C=O) groups is 2. The molecule has 2 aliphatic rings. The van der Waals surface area contributed by atoms with E-state index >= 15 is 0 Å². The van der Waals surface area contributed by atoms with Crippen molar-refractivity contribution in [3.8, 4) is 5.75 Å². The molecule has 4 rings (SSSR count). The Bertz CT molecular complexity index is 988. The number of rotatable bonds is 5. The fourth-order valence-electron chi connectivity index (χ4n) is 3.28. The number of aliphatic imine (C=N–C) groups is 1. The summed E-state index contributed by atoms with van der Waals surface area (Å²) in [5.41, 5.74) is 7.20. The number of thioether (sulfide) groups is 1. The minimum absolute atomic E-state index is 0.0573. The quantitative estimate of drug-likeness (QED) is 0.654. The zero-order valence-electron chi connectivity index (χ0n) is 16.1. The summed E-state index contributed by atoms with van der Waals surface area (Å²) in [5.74, 6) is -0.0332. The molecule has 1 saturated heterocycles. The number of para-hydroxylation sites is 1. The van der Waals surface area contributed by atoms with Gasteiger partial charge in [0.2, 0.25) is 11.8 Å². The number of ether oxygens (including phenoxy) is 1. The third kappa shape index (κ3) is 4.29. The van der Waals surface area contributed by atoms with Crippen molar-refractivity contribution in [2.75, 3.05) is 29.6 Å². The largest absolute Gasteiger partial charge is 0.495 e. The SMILES string of the molecule is COc1ccc(Cl)cc1NC(=O)CSC1=NC2NNCC2C(=O)N1c1ccccc1. The van der Waals surface area contributed by atoms with Crippen LogP contribution in [0.5, 0.6) is 5.75 Å². The topological polar surface area (TPSA) is 95.1 Å². The summed E-state index contributed by atoms with van der Waals surface area (Å²) in [6, 6.07) is 14.3. The van der Waals surface area contributed by atoms with Gasteiger partial charge in [0.25, 0.3) is 0 Å². The molecule has 2 aromatic rings. The highest BCUT2D eigenvalue weighted by atomic mass is 35.5. The van der Waals surface area contributed by atoms with Gasteiger partial charge in [-0.1, -0.05) is 41.6 Å². The van der Waals surface area contributed by atoms with Gasteiger partial charge >= 0.3 is 0 Å². The Morgan fingerprint density at radius 3 is 2.90 bits per heavy atom. The summed E-state index contributed by atoms with van der Waals surface area (Å²) in [6.07, 6.45) is -0.351. The number of hydrazine groups is 1. The zero-order chi connectivity index (χ0) is 21.1. The van der Waals surface area contributed by atoms with E-state index in [0.29, 0.717) is 28.2 Å². The Morgan fingerprint density at radius 1 is 1.33 bits per heavy atom. The Kier molecular flexibility index (Phi) is 6.24. The summed E-state index contributed by atoms with van der Waals surface area (Å²) in [7, 11) is 1.52. The highest BCUT2D eigenvalue weighted by Crippen LogP contribution is 2.30. The summed E-state index contributed by atoms with van der Waals surface area (Å²) < 4.78 is 5.26. The molecule has 2 aromatic carbocycles. The first kappa shape index (κ1) is 20.7. The van der Waals surface area contributed by atoms with E-state index in [0.717, 1.165) is 5.69 Å². The molecule has 2 aliphatic heterocycles. The minimum Gasteiger partial charge on any atom is -0.495 e. The molecule has 30 heavy (non-hydrogen) atoms. The van der Waals surface area contributed by atoms with Crippen LogP contribution in [0.3, 0.4) is 0 Å². The van der Waals surface area contributed by atoms with Crippen LogP contribution in [0.1, 0.15) is 0 Å². The molecular formula is C20H20ClN5O3S. The number of amides is 2. The fourth-order valence-corrected chi connectivity index (χ4v) is 4.29. The molecule has 0 spiro atoms. The summed E-state index contributed by atoms with van der Waals surface area (Å²) >= 11 is 7.22. The van der Waals surface area contributed by atoms with Crippen molar-refractivity contribution < 1.29 is 14.3 Å². The van der Waals surface area contributed by atoms with E-state index in [9.17, 15) is 9.59 Å². The highest BCUT2D eigenvalue weighted by Gasteiger charge is 2.42. The first-order chi connectivity index (χ1) is 14.6. The van der Waals surface area contributed by atoms with Crippen molar-refractivity contribution in [2.24, 2.45) is 10.9 Å². The van der Waals surface area contributed by atoms with Crippen molar-refractivity contribution in [1.82, 2.24) is 10.9 Å². The van der Waals surface area contributed by atoms with Gasteiger partial charge in [-0.15, -0.1) is 0 Å². The van der Waals surface area contributed by atoms with Gasteiger partial charge in [0.15, 0.2) is 5.17 Å². The molecule has 156 valence electrons. The monoisotopic (exact) mass is 445 g/mol. The molecule has 10 heteroatoms. The predicted molar refractivity (Wildman–Crippen MR) is 119 cm³/mol. The van der Waals surface area contributed by atoms with E-state index in [1.54, 1.807) is 23.1 Å². The van der Waals surface area contributed by atoms with Crippen LogP contribution in [0.4, 0.5) is 11.4 Å². The third-order valence-corrected chi connectivity index (χ3v) is 5.90. The second-order valence-corrected chi connectivity index (χ2v) is 8.06. The molecule has 0 saturated carbocycles. The first-order valence-corrected chi connectivity index (χ1v) is 10.6. The molecule has 0 bridgehead atoms. The smallest absolute Gasteiger partial charge is 0.241 e. The number of anilines is 2. The standard InChI is InChI=1S/C20H20ClN5O3S/c1-29-16-8-7-12(21)9-15(16)23-17(27)11-30-20-24-18-14(10-22-25-18)19(28)26(20)13-5-3-2-4-6-13/h2-9,14,18,22,25H,10-11H2,1H3,(H,23,27). The molecule has 8 nitrogen and oxygen atoms in total. The number of methoxy groups -OCH3 is 1. The Morgan fingerprint density at radius 2 is 2.13 bits per heavy atom. The van der Waals surface area contributed by atoms with Crippen molar-refractivity contribution in [3.63, 3.8) is 0 Å². The average molecular weight is 446 g/mol. The number of fused-ring (bicyclic) bond motifs is 1. The van der Waals surface area contributed by atoms with Crippen molar-refractivity contribution >= 4 is 51.7 Å². The van der Waals surface area contributed by atoms with Crippen LogP contribution in [0.25, 0.3) is 0 Å². The van der Waals surface area contributed by atoms with Gasteiger partial charge in [0, 0.05) is 11.6 Å². The van der Waals surface area contributed by atoms with Gasteiger partial charge < -0.3 is 10.1 Å². The third-order valence-electron chi connectivity index (χ3n) is 4.71. The van der Waals surface area contributed by atoms with E-state index in [2.05, 4.69) is 21.2 Å². The van der Waals surface area contributed by atoms with Crippen LogP contribution in [0, 0.1) is 5.92 Å². The van der Waals surface area contributed by atoms with Crippen LogP contribution >= 0.6 is 23.4 Å². The van der Waals surface area contributed by atoms with Gasteiger partial charge in [0.1, 0.15) is 11.9 Å². The van der Waals surface area contributed by atoms with E-state index in [1.807, 2.05) is 30.3 Å². The van der Waals surface area contributed by atoms with Crippen molar-refractivity contribution in [3.05, 3.63) is 53.6 Å². The maximum absolute atomic E-state index is 13.1. The molecule has 0 aliphatic carbocycles. The average Bonchev–Trinajstić information content (AvgIpc) is 3.22. The molecule has 0 radical (unpaired) electrons. The summed E-state index contributed by atoms with van der Waals surface area (Å²) in [5, 5.41) is 3.76. The number of nitrogens with zero attached hydrogens (tertiary/aromatic N) is 2. The normalized spacial score (nSPS) is 20.5. The fraction of sp³-hybridized carbons (Fsp3) is 0.250. The number of halogens is 1. The second kappa shape index (κ2) is 9.05. The number of amidine groups is 1. The van der Waals surface area contributed by atoms with E-state index < -0.39 is 0 Å². The Hall–Kier alpha value is -2.59. The molecular weight excluding hydrogens is 426 g/mol.